The maximum Gasteiger partial charge on any atom is 0.411 e. The summed E-state index contributed by atoms with van der Waals surface area (Å²) >= 11 is 0. The van der Waals surface area contributed by atoms with Crippen LogP contribution in [0.1, 0.15) is 72.6 Å². The van der Waals surface area contributed by atoms with Crippen LogP contribution in [0, 0.1) is 5.92 Å². The maximum absolute atomic E-state index is 13.7. The number of fused-ring (bicyclic) bond motifs is 6. The molecule has 3 atom stereocenters. The molecule has 0 saturated heterocycles. The van der Waals surface area contributed by atoms with Crippen molar-refractivity contribution in [2.24, 2.45) is 11.7 Å². The Kier molecular flexibility index (Phi) is 20.1. The fourth-order valence-electron chi connectivity index (χ4n) is 8.68. The van der Waals surface area contributed by atoms with E-state index in [0.717, 1.165) is 4.90 Å². The van der Waals surface area contributed by atoms with Crippen molar-refractivity contribution in [3.05, 3.63) is 125 Å². The number of esters is 1. The number of ether oxygens (including phenoxy) is 7. The number of carbonyl (C=O) groups is 9. The van der Waals surface area contributed by atoms with Gasteiger partial charge >= 0.3 is 24.2 Å². The van der Waals surface area contributed by atoms with Crippen LogP contribution in [0.25, 0.3) is 0 Å². The number of hydrogen-bond donors (Lipinski definition) is 7. The minimum absolute atomic E-state index is 0.0444. The standard InChI is InChI=1S/C55H62N8O16/c1-4-76-53(71)59-36-15-17-40-43(30-36)78-44-31-37(16-18-41(44)55(40)39-9-6-5-8-38(39)51(69)79-55)60-54(72)77-32-34-11-13-35(14-12-34)58-49(67)42(10-7-22-57-52(56)70)61-50(68)48(33(2)3)62-45(64)21-24-73-26-28-75-29-27-74-25-23-63-46(65)19-20-47(63)66/h5-6,8-9,11-20,30-31,33,42,48H,4,7,10,21-29,32H2,1-3H3,(H,58,67)(H,59,71)(H,60,72)(H,61,68)(H,62,64)(H3,56,57,70)/t42-,48-,55?/m0/s1. The Labute approximate surface area is 454 Å². The summed E-state index contributed by atoms with van der Waals surface area (Å²) < 4.78 is 39.5. The van der Waals surface area contributed by atoms with E-state index in [2.05, 4.69) is 31.9 Å². The fraction of sp³-hybridized carbons (Fsp3) is 0.364. The number of nitrogens with zero attached hydrogens (tertiary/aromatic N) is 1. The molecule has 8 N–H and O–H groups in total. The van der Waals surface area contributed by atoms with Gasteiger partial charge in [-0.2, -0.15) is 0 Å². The molecular weight excluding hydrogens is 1030 g/mol. The normalized spacial score (nSPS) is 15.4. The predicted molar refractivity (Wildman–Crippen MR) is 283 cm³/mol. The first-order valence-electron chi connectivity index (χ1n) is 25.5. The summed E-state index contributed by atoms with van der Waals surface area (Å²) in [7, 11) is 0. The molecule has 9 amide bonds. The molecule has 0 fully saturated rings. The van der Waals surface area contributed by atoms with Crippen LogP contribution < -0.4 is 42.4 Å². The number of urea groups is 1. The zero-order valence-electron chi connectivity index (χ0n) is 43.7. The molecule has 24 heteroatoms. The number of imide groups is 1. The summed E-state index contributed by atoms with van der Waals surface area (Å²) in [5.74, 6) is -2.75. The van der Waals surface area contributed by atoms with Crippen LogP contribution in [-0.4, -0.2) is 130 Å². The Bertz CT molecular complexity index is 2930. The Hall–Kier alpha value is -8.87. The molecule has 24 nitrogen and oxygen atoms in total. The Morgan fingerprint density at radius 1 is 0.671 bits per heavy atom. The van der Waals surface area contributed by atoms with Gasteiger partial charge in [0, 0.05) is 71.0 Å². The Balaban J connectivity index is 0.884. The zero-order chi connectivity index (χ0) is 56.5. The molecule has 0 saturated carbocycles. The van der Waals surface area contributed by atoms with Crippen molar-refractivity contribution in [2.75, 3.05) is 75.3 Å². The Morgan fingerprint density at radius 2 is 1.27 bits per heavy atom. The molecule has 3 aliphatic heterocycles. The number of carbonyl (C=O) groups excluding carboxylic acids is 9. The fourth-order valence-corrected chi connectivity index (χ4v) is 8.68. The average Bonchev–Trinajstić information content (AvgIpc) is 3.85. The van der Waals surface area contributed by atoms with Gasteiger partial charge in [-0.15, -0.1) is 0 Å². The van der Waals surface area contributed by atoms with Gasteiger partial charge in [0.1, 0.15) is 30.2 Å². The van der Waals surface area contributed by atoms with E-state index in [-0.39, 0.29) is 114 Å². The van der Waals surface area contributed by atoms with Crippen molar-refractivity contribution in [3.63, 3.8) is 0 Å². The van der Waals surface area contributed by atoms with Crippen LogP contribution in [0.5, 0.6) is 11.5 Å². The highest BCUT2D eigenvalue weighted by Crippen LogP contribution is 2.56. The van der Waals surface area contributed by atoms with Crippen LogP contribution in [0.3, 0.4) is 0 Å². The second-order valence-electron chi connectivity index (χ2n) is 18.4. The van der Waals surface area contributed by atoms with Crippen LogP contribution >= 0.6 is 0 Å². The Morgan fingerprint density at radius 3 is 1.89 bits per heavy atom. The van der Waals surface area contributed by atoms with Gasteiger partial charge in [0.25, 0.3) is 11.8 Å². The lowest BCUT2D eigenvalue weighted by molar-refractivity contribution is -0.137. The van der Waals surface area contributed by atoms with Gasteiger partial charge in [0.2, 0.25) is 17.7 Å². The van der Waals surface area contributed by atoms with E-state index in [0.29, 0.717) is 44.9 Å². The first-order chi connectivity index (χ1) is 38.1. The van der Waals surface area contributed by atoms with Gasteiger partial charge in [0.05, 0.1) is 58.4 Å². The molecule has 0 bridgehead atoms. The van der Waals surface area contributed by atoms with Crippen LogP contribution in [0.4, 0.5) is 31.4 Å². The third-order valence-corrected chi connectivity index (χ3v) is 12.5. The first kappa shape index (κ1) is 57.8. The van der Waals surface area contributed by atoms with E-state index in [1.165, 1.54) is 12.2 Å². The van der Waals surface area contributed by atoms with Gasteiger partial charge < -0.3 is 60.2 Å². The van der Waals surface area contributed by atoms with E-state index in [4.69, 9.17) is 38.9 Å². The van der Waals surface area contributed by atoms with Crippen LogP contribution in [0.2, 0.25) is 0 Å². The van der Waals surface area contributed by atoms with Gasteiger partial charge in [-0.25, -0.2) is 19.2 Å². The number of primary amides is 1. The van der Waals surface area contributed by atoms with Crippen molar-refractivity contribution in [3.8, 4) is 11.5 Å². The predicted octanol–water partition coefficient (Wildman–Crippen LogP) is 4.95. The molecule has 1 unspecified atom stereocenters. The maximum atomic E-state index is 13.7. The minimum Gasteiger partial charge on any atom is -0.456 e. The van der Waals surface area contributed by atoms with Crippen molar-refractivity contribution in [2.45, 2.75) is 64.3 Å². The number of hydrogen-bond acceptors (Lipinski definition) is 16. The van der Waals surface area contributed by atoms with Crippen LogP contribution in [0.15, 0.2) is 97.1 Å². The molecule has 1 spiro atoms. The third kappa shape index (κ3) is 15.2. The lowest BCUT2D eigenvalue weighted by Gasteiger charge is -2.36. The number of nitrogens with two attached hydrogens (primary N) is 1. The molecule has 0 aliphatic carbocycles. The van der Waals surface area contributed by atoms with E-state index in [1.54, 1.807) is 106 Å². The number of amides is 9. The number of nitrogens with one attached hydrogen (secondary N) is 6. The minimum atomic E-state index is -1.41. The number of anilines is 3. The van der Waals surface area contributed by atoms with E-state index >= 15 is 0 Å². The van der Waals surface area contributed by atoms with Crippen molar-refractivity contribution in [1.29, 1.82) is 0 Å². The SMILES string of the molecule is CCOC(=O)Nc1ccc2c(c1)Oc1cc(NC(=O)OCc3ccc(NC(=O)[C@H](CCCNC(N)=O)NC(=O)[C@@H](NC(=O)CCOCCOCCOCCN4C(=O)C=CC4=O)C(C)C)cc3)ccc1C21OC(=O)c2ccccc21. The smallest absolute Gasteiger partial charge is 0.411 e. The molecule has 0 aromatic heterocycles. The summed E-state index contributed by atoms with van der Waals surface area (Å²) in [6.07, 6.45) is 1.25. The second kappa shape index (κ2) is 27.4. The van der Waals surface area contributed by atoms with Crippen molar-refractivity contribution >= 4 is 70.8 Å². The molecule has 79 heavy (non-hydrogen) atoms. The third-order valence-electron chi connectivity index (χ3n) is 12.5. The largest absolute Gasteiger partial charge is 0.456 e. The molecule has 0 radical (unpaired) electrons. The van der Waals surface area contributed by atoms with Gasteiger partial charge in [-0.3, -0.25) is 39.5 Å². The summed E-state index contributed by atoms with van der Waals surface area (Å²) in [6, 6.07) is 20.4. The lowest BCUT2D eigenvalue weighted by Crippen LogP contribution is -2.54. The summed E-state index contributed by atoms with van der Waals surface area (Å²) in [5, 5.41) is 16.1. The zero-order valence-corrected chi connectivity index (χ0v) is 43.7. The van der Waals surface area contributed by atoms with E-state index in [9.17, 15) is 43.2 Å². The molecular formula is C55H62N8O16. The topological polar surface area (TPSA) is 320 Å². The summed E-state index contributed by atoms with van der Waals surface area (Å²) in [6.45, 7) is 6.55. The van der Waals surface area contributed by atoms with E-state index < -0.39 is 59.6 Å². The highest BCUT2D eigenvalue weighted by Gasteiger charge is 2.53. The molecule has 3 heterocycles. The van der Waals surface area contributed by atoms with E-state index in [1.807, 2.05) is 0 Å². The molecule has 4 aromatic carbocycles. The quantitative estimate of drug-likeness (QED) is 0.0180. The molecule has 7 rings (SSSR count). The molecule has 418 valence electrons. The number of rotatable bonds is 27. The highest BCUT2D eigenvalue weighted by atomic mass is 16.6. The van der Waals surface area contributed by atoms with Crippen molar-refractivity contribution < 1.29 is 76.3 Å². The summed E-state index contributed by atoms with van der Waals surface area (Å²) in [5.41, 5.74) is 7.38. The molecule has 3 aliphatic rings. The van der Waals surface area contributed by atoms with Crippen molar-refractivity contribution in [1.82, 2.24) is 20.9 Å². The average molecular weight is 1090 g/mol. The van der Waals surface area contributed by atoms with Gasteiger partial charge in [0.15, 0.2) is 5.60 Å². The monoisotopic (exact) mass is 1090 g/mol. The summed E-state index contributed by atoms with van der Waals surface area (Å²) in [4.78, 5) is 115. The van der Waals surface area contributed by atoms with Gasteiger partial charge in [-0.05, 0) is 73.7 Å². The number of benzene rings is 4. The second-order valence-corrected chi connectivity index (χ2v) is 18.4. The van der Waals surface area contributed by atoms with Gasteiger partial charge in [-0.1, -0.05) is 44.2 Å². The van der Waals surface area contributed by atoms with Crippen LogP contribution in [-0.2, 0) is 64.6 Å². The highest BCUT2D eigenvalue weighted by molar-refractivity contribution is 6.12. The first-order valence-corrected chi connectivity index (χ1v) is 25.5. The molecule has 4 aromatic rings. The lowest BCUT2D eigenvalue weighted by atomic mass is 9.77.